The summed E-state index contributed by atoms with van der Waals surface area (Å²) >= 11 is 0. The molecular formula is C58H36N4O3. The van der Waals surface area contributed by atoms with Crippen molar-refractivity contribution in [2.45, 2.75) is 0 Å². The molecule has 0 aliphatic heterocycles. The lowest BCUT2D eigenvalue weighted by atomic mass is 10.0. The minimum atomic E-state index is 0.438. The van der Waals surface area contributed by atoms with E-state index in [0.717, 1.165) is 100.0 Å². The Morgan fingerprint density at radius 1 is 0.308 bits per heavy atom. The van der Waals surface area contributed by atoms with Crippen molar-refractivity contribution in [3.8, 4) is 22.3 Å². The summed E-state index contributed by atoms with van der Waals surface area (Å²) in [4.78, 5) is 14.6. The van der Waals surface area contributed by atoms with Crippen molar-refractivity contribution in [2.75, 3.05) is 9.80 Å². The van der Waals surface area contributed by atoms with Gasteiger partial charge in [0, 0.05) is 67.9 Å². The van der Waals surface area contributed by atoms with Crippen molar-refractivity contribution in [3.63, 3.8) is 0 Å². The molecule has 0 saturated carbocycles. The number of para-hydroxylation sites is 2. The summed E-state index contributed by atoms with van der Waals surface area (Å²) in [6, 6.07) is 73.2. The zero-order valence-electron chi connectivity index (χ0n) is 34.8. The molecule has 7 nitrogen and oxygen atoms in total. The molecule has 4 aromatic heterocycles. The number of aromatic nitrogens is 2. The second-order valence-corrected chi connectivity index (χ2v) is 16.2. The molecule has 0 unspecified atom stereocenters. The third kappa shape index (κ3) is 6.28. The second kappa shape index (κ2) is 14.9. The van der Waals surface area contributed by atoms with E-state index in [1.54, 1.807) is 0 Å². The van der Waals surface area contributed by atoms with Crippen LogP contribution in [0.25, 0.3) is 88.3 Å². The number of rotatable bonds is 8. The number of nitrogens with zero attached hydrogens (tertiary/aromatic N) is 4. The summed E-state index contributed by atoms with van der Waals surface area (Å²) in [7, 11) is 0. The van der Waals surface area contributed by atoms with Gasteiger partial charge >= 0.3 is 0 Å². The molecule has 7 heteroatoms. The van der Waals surface area contributed by atoms with Crippen LogP contribution in [0.2, 0.25) is 0 Å². The van der Waals surface area contributed by atoms with Gasteiger partial charge in [-0.3, -0.25) is 4.90 Å². The van der Waals surface area contributed by atoms with Gasteiger partial charge in [0.05, 0.1) is 11.9 Å². The molecule has 0 saturated heterocycles. The topological polar surface area (TPSA) is 71.7 Å². The van der Waals surface area contributed by atoms with Crippen LogP contribution in [0.3, 0.4) is 0 Å². The lowest BCUT2D eigenvalue weighted by Gasteiger charge is -2.25. The monoisotopic (exact) mass is 836 g/mol. The first-order chi connectivity index (χ1) is 32.2. The van der Waals surface area contributed by atoms with Crippen molar-refractivity contribution in [1.82, 2.24) is 9.97 Å². The third-order valence-corrected chi connectivity index (χ3v) is 12.3. The van der Waals surface area contributed by atoms with Crippen molar-refractivity contribution >= 4 is 100 Å². The van der Waals surface area contributed by atoms with Crippen LogP contribution in [0.5, 0.6) is 0 Å². The normalized spacial score (nSPS) is 11.7. The maximum atomic E-state index is 6.69. The molecule has 0 aliphatic rings. The first-order valence-corrected chi connectivity index (χ1v) is 21.6. The molecule has 0 spiro atoms. The van der Waals surface area contributed by atoms with Crippen LogP contribution in [0.4, 0.5) is 34.3 Å². The Kier molecular flexibility index (Phi) is 8.39. The van der Waals surface area contributed by atoms with E-state index in [4.69, 9.17) is 23.2 Å². The average Bonchev–Trinajstić information content (AvgIpc) is 4.05. The molecule has 0 N–H and O–H groups in total. The van der Waals surface area contributed by atoms with Gasteiger partial charge in [-0.15, -0.1) is 0 Å². The van der Waals surface area contributed by atoms with Crippen LogP contribution >= 0.6 is 0 Å². The van der Waals surface area contributed by atoms with Crippen molar-refractivity contribution in [3.05, 3.63) is 219 Å². The Morgan fingerprint density at radius 2 is 0.708 bits per heavy atom. The van der Waals surface area contributed by atoms with Gasteiger partial charge in [0.25, 0.3) is 0 Å². The highest BCUT2D eigenvalue weighted by Gasteiger charge is 2.22. The summed E-state index contributed by atoms with van der Waals surface area (Å²) in [6.45, 7) is 0. The van der Waals surface area contributed by atoms with Crippen LogP contribution in [-0.4, -0.2) is 9.97 Å². The number of benzene rings is 9. The molecule has 0 bridgehead atoms. The second-order valence-electron chi connectivity index (χ2n) is 16.2. The van der Waals surface area contributed by atoms with E-state index in [1.165, 1.54) is 0 Å². The van der Waals surface area contributed by atoms with Crippen LogP contribution in [-0.2, 0) is 0 Å². The number of fused-ring (bicyclic) bond motifs is 9. The summed E-state index contributed by atoms with van der Waals surface area (Å²) in [5.41, 5.74) is 14.3. The highest BCUT2D eigenvalue weighted by atomic mass is 16.3. The van der Waals surface area contributed by atoms with Gasteiger partial charge in [0.15, 0.2) is 5.82 Å². The number of hydrogen-bond donors (Lipinski definition) is 0. The summed E-state index contributed by atoms with van der Waals surface area (Å²) in [6.07, 6.45) is 1.82. The fourth-order valence-corrected chi connectivity index (χ4v) is 9.20. The molecule has 0 amide bonds. The van der Waals surface area contributed by atoms with E-state index in [2.05, 4.69) is 174 Å². The lowest BCUT2D eigenvalue weighted by molar-refractivity contribution is 0.653. The van der Waals surface area contributed by atoms with E-state index in [-0.39, 0.29) is 0 Å². The predicted molar refractivity (Wildman–Crippen MR) is 264 cm³/mol. The smallest absolute Gasteiger partial charge is 0.248 e. The Balaban J connectivity index is 0.929. The zero-order chi connectivity index (χ0) is 42.8. The lowest BCUT2D eigenvalue weighted by Crippen LogP contribution is -2.12. The third-order valence-electron chi connectivity index (χ3n) is 12.3. The Morgan fingerprint density at radius 3 is 1.25 bits per heavy atom. The number of furan rings is 3. The molecule has 0 atom stereocenters. The van der Waals surface area contributed by atoms with E-state index in [1.807, 2.05) is 54.7 Å². The molecule has 4 heterocycles. The Hall–Kier alpha value is -8.94. The van der Waals surface area contributed by atoms with Gasteiger partial charge in [-0.25, -0.2) is 4.98 Å². The Bertz CT molecular complexity index is 3640. The number of hydrogen-bond acceptors (Lipinski definition) is 7. The molecular weight excluding hydrogens is 801 g/mol. The predicted octanol–water partition coefficient (Wildman–Crippen LogP) is 16.4. The van der Waals surface area contributed by atoms with E-state index < -0.39 is 0 Å². The van der Waals surface area contributed by atoms with E-state index in [9.17, 15) is 0 Å². The molecule has 0 radical (unpaired) electrons. The van der Waals surface area contributed by atoms with Crippen molar-refractivity contribution < 1.29 is 13.3 Å². The maximum Gasteiger partial charge on any atom is 0.248 e. The quantitative estimate of drug-likeness (QED) is 0.151. The summed E-state index contributed by atoms with van der Waals surface area (Å²) in [5.74, 6) is 0.610. The van der Waals surface area contributed by atoms with E-state index >= 15 is 0 Å². The fraction of sp³-hybridized carbons (Fsp3) is 0. The van der Waals surface area contributed by atoms with E-state index in [0.29, 0.717) is 22.6 Å². The van der Waals surface area contributed by atoms with Crippen molar-refractivity contribution in [1.29, 1.82) is 0 Å². The SMILES string of the molecule is c1ccc(-c2ccc(N(c3ccc4c(c3)oc3ccccc34)c3ccc4c(c3)oc3nc(N(c5ccc(-c6ccccc6)cc5)c5ccc6c(c5)oc5ccccc56)cnc34)cc2)cc1. The standard InChI is InChI=1S/C58H36N4O3/c1-3-11-37(12-4-1)39-19-23-41(24-20-39)61(43-27-30-48-46-15-7-9-17-51(46)63-53(48)33-43)44-29-32-50-55(34-44)65-58-57(50)59-36-56(60-58)62(42-25-21-40(22-26-42)38-13-5-2-6-14-38)45-28-31-49-47-16-8-10-18-52(47)64-54(49)35-45/h1-36H. The van der Waals surface area contributed by atoms with Crippen molar-refractivity contribution in [2.24, 2.45) is 0 Å². The maximum absolute atomic E-state index is 6.69. The van der Waals surface area contributed by atoms with Gasteiger partial charge in [-0.05, 0) is 95.1 Å². The first-order valence-electron chi connectivity index (χ1n) is 21.6. The largest absolute Gasteiger partial charge is 0.456 e. The van der Waals surface area contributed by atoms with Crippen LogP contribution in [0, 0.1) is 0 Å². The minimum Gasteiger partial charge on any atom is -0.456 e. The zero-order valence-corrected chi connectivity index (χ0v) is 34.8. The van der Waals surface area contributed by atoms with Crippen LogP contribution in [0.1, 0.15) is 0 Å². The fourth-order valence-electron chi connectivity index (χ4n) is 9.20. The molecule has 9 aromatic carbocycles. The highest BCUT2D eigenvalue weighted by Crippen LogP contribution is 2.43. The summed E-state index contributed by atoms with van der Waals surface area (Å²) < 4.78 is 19.4. The van der Waals surface area contributed by atoms with Crippen LogP contribution in [0.15, 0.2) is 232 Å². The van der Waals surface area contributed by atoms with Gasteiger partial charge < -0.3 is 18.2 Å². The van der Waals surface area contributed by atoms with Gasteiger partial charge in [0.2, 0.25) is 5.71 Å². The molecule has 13 aromatic rings. The number of anilines is 6. The highest BCUT2D eigenvalue weighted by molar-refractivity contribution is 6.08. The molecule has 0 fully saturated rings. The molecule has 306 valence electrons. The average molecular weight is 837 g/mol. The molecule has 13 rings (SSSR count). The minimum absolute atomic E-state index is 0.438. The molecule has 0 aliphatic carbocycles. The molecule has 65 heavy (non-hydrogen) atoms. The van der Waals surface area contributed by atoms with Crippen LogP contribution < -0.4 is 9.80 Å². The first kappa shape index (κ1) is 36.7. The Labute approximate surface area is 372 Å². The van der Waals surface area contributed by atoms with Gasteiger partial charge in [-0.1, -0.05) is 121 Å². The van der Waals surface area contributed by atoms with Gasteiger partial charge in [-0.2, -0.15) is 4.98 Å². The summed E-state index contributed by atoms with van der Waals surface area (Å²) in [5, 5.41) is 5.17. The van der Waals surface area contributed by atoms with Gasteiger partial charge in [0.1, 0.15) is 33.4 Å².